The fourth-order valence-electron chi connectivity index (χ4n) is 5.68. The van der Waals surface area contributed by atoms with Gasteiger partial charge in [0.2, 0.25) is 0 Å². The molecule has 1 atom stereocenters. The standard InChI is InChI=1S/C31H38N2O2/c1-3-33(22-23-8-14-28(15-9-23)35-29-16-18-32(2)19-17-29)31-7-5-4-6-30(31)26-11-10-25-21-27(34)13-12-24(25)20-26/h4-9,12-15,21,26,29,34H,3,10-11,16-20,22H2,1-2H3/t26-/m1/s1. The highest BCUT2D eigenvalue weighted by Crippen LogP contribution is 2.38. The van der Waals surface area contributed by atoms with E-state index in [4.69, 9.17) is 4.74 Å². The van der Waals surface area contributed by atoms with Crippen LogP contribution < -0.4 is 9.64 Å². The highest BCUT2D eigenvalue weighted by molar-refractivity contribution is 5.56. The van der Waals surface area contributed by atoms with Crippen molar-refractivity contribution in [3.63, 3.8) is 0 Å². The summed E-state index contributed by atoms with van der Waals surface area (Å²) >= 11 is 0. The lowest BCUT2D eigenvalue weighted by Crippen LogP contribution is -2.35. The van der Waals surface area contributed by atoms with E-state index < -0.39 is 0 Å². The van der Waals surface area contributed by atoms with Crippen LogP contribution in [0.25, 0.3) is 0 Å². The number of aromatic hydroxyl groups is 1. The van der Waals surface area contributed by atoms with Crippen LogP contribution in [0.2, 0.25) is 0 Å². The lowest BCUT2D eigenvalue weighted by atomic mass is 9.79. The molecule has 1 N–H and O–H groups in total. The van der Waals surface area contributed by atoms with Crippen LogP contribution in [0.3, 0.4) is 0 Å². The maximum absolute atomic E-state index is 9.85. The molecule has 0 radical (unpaired) electrons. The van der Waals surface area contributed by atoms with Crippen LogP contribution in [0, 0.1) is 0 Å². The molecule has 1 aliphatic carbocycles. The van der Waals surface area contributed by atoms with E-state index >= 15 is 0 Å². The van der Waals surface area contributed by atoms with Crippen molar-refractivity contribution in [3.05, 3.63) is 89.0 Å². The summed E-state index contributed by atoms with van der Waals surface area (Å²) < 4.78 is 6.25. The molecular weight excluding hydrogens is 432 g/mol. The fraction of sp³-hybridized carbons (Fsp3) is 0.419. The molecule has 3 aromatic rings. The number of likely N-dealkylation sites (tertiary alicyclic amines) is 1. The normalized spacial score (nSPS) is 18.7. The summed E-state index contributed by atoms with van der Waals surface area (Å²) in [6.45, 7) is 6.32. The van der Waals surface area contributed by atoms with E-state index in [1.807, 2.05) is 12.1 Å². The third kappa shape index (κ3) is 5.65. The summed E-state index contributed by atoms with van der Waals surface area (Å²) in [6.07, 6.45) is 5.71. The van der Waals surface area contributed by atoms with Gasteiger partial charge in [-0.25, -0.2) is 0 Å². The first-order chi connectivity index (χ1) is 17.1. The molecule has 5 rings (SSSR count). The van der Waals surface area contributed by atoms with Crippen molar-refractivity contribution in [2.24, 2.45) is 0 Å². The molecule has 4 heteroatoms. The molecule has 35 heavy (non-hydrogen) atoms. The van der Waals surface area contributed by atoms with Crippen LogP contribution in [0.15, 0.2) is 66.7 Å². The van der Waals surface area contributed by atoms with E-state index in [1.165, 1.54) is 27.9 Å². The van der Waals surface area contributed by atoms with E-state index in [0.717, 1.165) is 64.0 Å². The summed E-state index contributed by atoms with van der Waals surface area (Å²) in [5.74, 6) is 1.86. The van der Waals surface area contributed by atoms with Gasteiger partial charge in [-0.3, -0.25) is 0 Å². The third-order valence-corrected chi connectivity index (χ3v) is 7.78. The fourth-order valence-corrected chi connectivity index (χ4v) is 5.68. The second-order valence-corrected chi connectivity index (χ2v) is 10.2. The predicted molar refractivity (Wildman–Crippen MR) is 144 cm³/mol. The van der Waals surface area contributed by atoms with Crippen molar-refractivity contribution in [3.8, 4) is 11.5 Å². The number of anilines is 1. The van der Waals surface area contributed by atoms with E-state index in [-0.39, 0.29) is 0 Å². The zero-order chi connectivity index (χ0) is 24.2. The van der Waals surface area contributed by atoms with E-state index in [2.05, 4.69) is 78.4 Å². The Balaban J connectivity index is 1.28. The zero-order valence-corrected chi connectivity index (χ0v) is 21.1. The van der Waals surface area contributed by atoms with Gasteiger partial charge < -0.3 is 19.6 Å². The number of phenols is 1. The van der Waals surface area contributed by atoms with Gasteiger partial charge in [0.25, 0.3) is 0 Å². The highest BCUT2D eigenvalue weighted by atomic mass is 16.5. The number of nitrogens with zero attached hydrogens (tertiary/aromatic N) is 2. The van der Waals surface area contributed by atoms with Gasteiger partial charge in [-0.2, -0.15) is 0 Å². The number of aryl methyl sites for hydroxylation is 1. The number of fused-ring (bicyclic) bond motifs is 1. The summed E-state index contributed by atoms with van der Waals surface area (Å²) in [4.78, 5) is 4.87. The highest BCUT2D eigenvalue weighted by Gasteiger charge is 2.24. The largest absolute Gasteiger partial charge is 0.508 e. The minimum Gasteiger partial charge on any atom is -0.508 e. The van der Waals surface area contributed by atoms with Crippen molar-refractivity contribution in [1.29, 1.82) is 0 Å². The van der Waals surface area contributed by atoms with Crippen LogP contribution in [0.1, 0.15) is 54.4 Å². The summed E-state index contributed by atoms with van der Waals surface area (Å²) in [5, 5.41) is 9.85. The minimum absolute atomic E-state index is 0.334. The minimum atomic E-state index is 0.334. The molecule has 0 saturated carbocycles. The zero-order valence-electron chi connectivity index (χ0n) is 21.1. The molecule has 1 saturated heterocycles. The Morgan fingerprint density at radius 3 is 2.49 bits per heavy atom. The van der Waals surface area contributed by atoms with Gasteiger partial charge in [-0.1, -0.05) is 36.4 Å². The summed E-state index contributed by atoms with van der Waals surface area (Å²) in [5.41, 5.74) is 6.76. The molecule has 4 nitrogen and oxygen atoms in total. The molecule has 3 aromatic carbocycles. The average Bonchev–Trinajstić information content (AvgIpc) is 2.89. The van der Waals surface area contributed by atoms with Crippen molar-refractivity contribution in [2.45, 2.75) is 57.6 Å². The smallest absolute Gasteiger partial charge is 0.119 e. The topological polar surface area (TPSA) is 35.9 Å². The lowest BCUT2D eigenvalue weighted by Gasteiger charge is -2.31. The quantitative estimate of drug-likeness (QED) is 0.448. The van der Waals surface area contributed by atoms with Crippen LogP contribution in [0.5, 0.6) is 11.5 Å². The molecule has 1 aliphatic heterocycles. The van der Waals surface area contributed by atoms with E-state index in [1.54, 1.807) is 0 Å². The first-order valence-corrected chi connectivity index (χ1v) is 13.2. The predicted octanol–water partition coefficient (Wildman–Crippen LogP) is 6.16. The first-order valence-electron chi connectivity index (χ1n) is 13.2. The van der Waals surface area contributed by atoms with Gasteiger partial charge in [0.1, 0.15) is 17.6 Å². The van der Waals surface area contributed by atoms with Gasteiger partial charge >= 0.3 is 0 Å². The Morgan fingerprint density at radius 1 is 0.943 bits per heavy atom. The first kappa shape index (κ1) is 23.7. The number of para-hydroxylation sites is 1. The van der Waals surface area contributed by atoms with Gasteiger partial charge in [0.05, 0.1) is 0 Å². The molecule has 0 spiro atoms. The van der Waals surface area contributed by atoms with Crippen molar-refractivity contribution in [2.75, 3.05) is 31.6 Å². The van der Waals surface area contributed by atoms with Gasteiger partial charge in [-0.15, -0.1) is 0 Å². The maximum Gasteiger partial charge on any atom is 0.119 e. The molecular formula is C31H38N2O2. The second kappa shape index (κ2) is 10.7. The number of hydrogen-bond donors (Lipinski definition) is 1. The average molecular weight is 471 g/mol. The Labute approximate surface area is 210 Å². The number of hydrogen-bond acceptors (Lipinski definition) is 4. The Hall–Kier alpha value is -2.98. The molecule has 1 heterocycles. The molecule has 184 valence electrons. The van der Waals surface area contributed by atoms with Crippen LogP contribution in [0.4, 0.5) is 5.69 Å². The third-order valence-electron chi connectivity index (χ3n) is 7.78. The van der Waals surface area contributed by atoms with E-state index in [0.29, 0.717) is 17.8 Å². The summed E-state index contributed by atoms with van der Waals surface area (Å²) in [7, 11) is 2.18. The van der Waals surface area contributed by atoms with Gasteiger partial charge in [0, 0.05) is 31.9 Å². The van der Waals surface area contributed by atoms with Crippen molar-refractivity contribution >= 4 is 5.69 Å². The van der Waals surface area contributed by atoms with Crippen LogP contribution >= 0.6 is 0 Å². The molecule has 0 amide bonds. The Kier molecular flexibility index (Phi) is 7.29. The number of ether oxygens (including phenoxy) is 1. The van der Waals surface area contributed by atoms with Crippen molar-refractivity contribution in [1.82, 2.24) is 4.90 Å². The molecule has 0 unspecified atom stereocenters. The SMILES string of the molecule is CCN(Cc1ccc(OC2CCN(C)CC2)cc1)c1ccccc1[C@@H]1CCc2cc(O)ccc2C1. The molecule has 2 aliphatic rings. The second-order valence-electron chi connectivity index (χ2n) is 10.2. The number of rotatable bonds is 7. The maximum atomic E-state index is 9.85. The molecule has 1 fully saturated rings. The van der Waals surface area contributed by atoms with Crippen molar-refractivity contribution < 1.29 is 9.84 Å². The van der Waals surface area contributed by atoms with E-state index in [9.17, 15) is 5.11 Å². The van der Waals surface area contributed by atoms with Crippen LogP contribution in [-0.4, -0.2) is 42.8 Å². The van der Waals surface area contributed by atoms with Crippen LogP contribution in [-0.2, 0) is 19.4 Å². The molecule has 0 bridgehead atoms. The number of benzene rings is 3. The summed E-state index contributed by atoms with van der Waals surface area (Å²) in [6, 6.07) is 23.5. The lowest BCUT2D eigenvalue weighted by molar-refractivity contribution is 0.114. The number of phenolic OH excluding ortho intramolecular Hbond substituents is 1. The van der Waals surface area contributed by atoms with Gasteiger partial charge in [-0.05, 0) is 105 Å². The Morgan fingerprint density at radius 2 is 1.71 bits per heavy atom. The number of piperidine rings is 1. The van der Waals surface area contributed by atoms with Gasteiger partial charge in [0.15, 0.2) is 0 Å². The molecule has 0 aromatic heterocycles. The monoisotopic (exact) mass is 470 g/mol. The Bertz CT molecular complexity index is 1120.